The van der Waals surface area contributed by atoms with Crippen molar-refractivity contribution in [3.63, 3.8) is 0 Å². The Morgan fingerprint density at radius 1 is 0.923 bits per heavy atom. The van der Waals surface area contributed by atoms with Crippen LogP contribution in [0, 0.1) is 0 Å². The zero-order valence-electron chi connectivity index (χ0n) is 20.8. The van der Waals surface area contributed by atoms with E-state index in [4.69, 9.17) is 16.3 Å². The van der Waals surface area contributed by atoms with Gasteiger partial charge in [-0.3, -0.25) is 14.6 Å². The van der Waals surface area contributed by atoms with Gasteiger partial charge in [-0.1, -0.05) is 48.0 Å². The lowest BCUT2D eigenvalue weighted by molar-refractivity contribution is 0.0954. The molecule has 39 heavy (non-hydrogen) atoms. The van der Waals surface area contributed by atoms with Crippen LogP contribution in [0.1, 0.15) is 16.1 Å². The monoisotopic (exact) mass is 537 g/mol. The van der Waals surface area contributed by atoms with Crippen molar-refractivity contribution in [3.05, 3.63) is 136 Å². The van der Waals surface area contributed by atoms with Gasteiger partial charge in [0.2, 0.25) is 0 Å². The van der Waals surface area contributed by atoms with Gasteiger partial charge in [0.1, 0.15) is 5.75 Å². The van der Waals surface area contributed by atoms with Crippen molar-refractivity contribution in [2.75, 3.05) is 11.9 Å². The highest BCUT2D eigenvalue weighted by atomic mass is 35.5. The average Bonchev–Trinajstić information content (AvgIpc) is 2.96. The Balaban J connectivity index is 1.41. The minimum Gasteiger partial charge on any atom is -0.453 e. The Hall–Kier alpha value is -4.95. The van der Waals surface area contributed by atoms with Crippen LogP contribution >= 0.6 is 11.6 Å². The van der Waals surface area contributed by atoms with E-state index in [9.17, 15) is 9.59 Å². The molecule has 9 heteroatoms. The highest BCUT2D eigenvalue weighted by molar-refractivity contribution is 6.30. The maximum absolute atomic E-state index is 13.6. The van der Waals surface area contributed by atoms with Gasteiger partial charge in [0.05, 0.1) is 11.9 Å². The molecule has 2 heterocycles. The Kier molecular flexibility index (Phi) is 7.95. The molecule has 3 aromatic carbocycles. The van der Waals surface area contributed by atoms with Gasteiger partial charge in [0, 0.05) is 41.1 Å². The predicted molar refractivity (Wildman–Crippen MR) is 151 cm³/mol. The molecule has 0 saturated heterocycles. The standard InChI is InChI=1S/C30H24ClN5O3/c31-22-9-7-14-26(19-22)39-27-20-34-36(25-12-2-1-3-13-25)30(38)28(27)35-24-11-6-8-21(18-24)29(37)33-17-15-23-10-4-5-16-32-23/h1-14,16,18-20,35H,15,17H2,(H,33,37). The number of nitrogens with one attached hydrogen (secondary N) is 2. The summed E-state index contributed by atoms with van der Waals surface area (Å²) in [6, 6.07) is 28.5. The smallest absolute Gasteiger partial charge is 0.299 e. The molecule has 0 atom stereocenters. The molecule has 0 fully saturated rings. The minimum atomic E-state index is -0.425. The van der Waals surface area contributed by atoms with E-state index in [-0.39, 0.29) is 17.3 Å². The highest BCUT2D eigenvalue weighted by Gasteiger charge is 2.16. The molecule has 0 unspecified atom stereocenters. The minimum absolute atomic E-state index is 0.154. The van der Waals surface area contributed by atoms with E-state index in [2.05, 4.69) is 20.7 Å². The van der Waals surface area contributed by atoms with Crippen LogP contribution in [-0.2, 0) is 6.42 Å². The first kappa shape index (κ1) is 25.7. The number of carbonyl (C=O) groups excluding carboxylic acids is 1. The summed E-state index contributed by atoms with van der Waals surface area (Å²) >= 11 is 6.12. The summed E-state index contributed by atoms with van der Waals surface area (Å²) in [5.41, 5.74) is 2.20. The van der Waals surface area contributed by atoms with E-state index in [1.54, 1.807) is 66.9 Å². The quantitative estimate of drug-likeness (QED) is 0.247. The fourth-order valence-electron chi connectivity index (χ4n) is 3.88. The molecule has 194 valence electrons. The SMILES string of the molecule is O=C(NCCc1ccccn1)c1cccc(Nc2c(Oc3cccc(Cl)c3)cnn(-c3ccccc3)c2=O)c1. The zero-order valence-corrected chi connectivity index (χ0v) is 21.5. The van der Waals surface area contributed by atoms with E-state index in [1.165, 1.54) is 10.9 Å². The van der Waals surface area contributed by atoms with E-state index in [0.717, 1.165) is 5.69 Å². The topological polar surface area (TPSA) is 98.1 Å². The molecule has 8 nitrogen and oxygen atoms in total. The number of halogens is 1. The first-order valence-electron chi connectivity index (χ1n) is 12.2. The Labute approximate surface area is 229 Å². The summed E-state index contributed by atoms with van der Waals surface area (Å²) in [5.74, 6) is 0.423. The number of para-hydroxylation sites is 1. The number of pyridine rings is 1. The molecule has 1 amide bonds. The molecule has 0 radical (unpaired) electrons. The maximum Gasteiger partial charge on any atom is 0.299 e. The molecule has 0 saturated carbocycles. The van der Waals surface area contributed by atoms with Crippen molar-refractivity contribution in [1.29, 1.82) is 0 Å². The third-order valence-corrected chi connectivity index (χ3v) is 5.99. The molecule has 5 rings (SSSR count). The van der Waals surface area contributed by atoms with Crippen LogP contribution in [-0.4, -0.2) is 27.2 Å². The number of ether oxygens (including phenoxy) is 1. The van der Waals surface area contributed by atoms with Gasteiger partial charge in [-0.25, -0.2) is 0 Å². The highest BCUT2D eigenvalue weighted by Crippen LogP contribution is 2.30. The van der Waals surface area contributed by atoms with Crippen LogP contribution < -0.4 is 20.9 Å². The van der Waals surface area contributed by atoms with Gasteiger partial charge in [-0.2, -0.15) is 9.78 Å². The normalized spacial score (nSPS) is 10.6. The molecule has 0 spiro atoms. The van der Waals surface area contributed by atoms with Crippen molar-refractivity contribution in [2.24, 2.45) is 0 Å². The van der Waals surface area contributed by atoms with Gasteiger partial charge in [0.15, 0.2) is 11.4 Å². The summed E-state index contributed by atoms with van der Waals surface area (Å²) in [7, 11) is 0. The predicted octanol–water partition coefficient (Wildman–Crippen LogP) is 5.79. The van der Waals surface area contributed by atoms with Gasteiger partial charge in [-0.05, 0) is 60.7 Å². The fourth-order valence-corrected chi connectivity index (χ4v) is 4.06. The number of aromatic nitrogens is 3. The number of hydrogen-bond acceptors (Lipinski definition) is 6. The Morgan fingerprint density at radius 2 is 1.74 bits per heavy atom. The van der Waals surface area contributed by atoms with Crippen LogP contribution in [0.5, 0.6) is 11.5 Å². The van der Waals surface area contributed by atoms with Crippen LogP contribution in [0.2, 0.25) is 5.02 Å². The molecule has 2 N–H and O–H groups in total. The number of carbonyl (C=O) groups is 1. The lowest BCUT2D eigenvalue weighted by atomic mass is 10.1. The molecular weight excluding hydrogens is 514 g/mol. The molecule has 0 aliphatic heterocycles. The van der Waals surface area contributed by atoms with Crippen LogP contribution in [0.15, 0.2) is 114 Å². The second kappa shape index (κ2) is 12.1. The molecule has 0 aliphatic carbocycles. The first-order valence-corrected chi connectivity index (χ1v) is 12.6. The Morgan fingerprint density at radius 3 is 2.54 bits per heavy atom. The fraction of sp³-hybridized carbons (Fsp3) is 0.0667. The number of rotatable bonds is 9. The number of benzene rings is 3. The number of amides is 1. The second-order valence-electron chi connectivity index (χ2n) is 8.53. The van der Waals surface area contributed by atoms with Crippen LogP contribution in [0.3, 0.4) is 0 Å². The zero-order chi connectivity index (χ0) is 27.0. The number of anilines is 2. The summed E-state index contributed by atoms with van der Waals surface area (Å²) in [6.07, 6.45) is 3.80. The van der Waals surface area contributed by atoms with Crippen molar-refractivity contribution in [1.82, 2.24) is 20.1 Å². The van der Waals surface area contributed by atoms with Crippen molar-refractivity contribution >= 4 is 28.9 Å². The molecule has 0 bridgehead atoms. The molecule has 0 aliphatic rings. The number of hydrogen-bond donors (Lipinski definition) is 2. The largest absolute Gasteiger partial charge is 0.453 e. The molecular formula is C30H24ClN5O3. The van der Waals surface area contributed by atoms with Gasteiger partial charge < -0.3 is 15.4 Å². The van der Waals surface area contributed by atoms with Gasteiger partial charge >= 0.3 is 0 Å². The molecule has 5 aromatic rings. The van der Waals surface area contributed by atoms with Crippen molar-refractivity contribution in [3.8, 4) is 17.2 Å². The summed E-state index contributed by atoms with van der Waals surface area (Å²) < 4.78 is 7.28. The van der Waals surface area contributed by atoms with E-state index in [1.807, 2.05) is 36.4 Å². The Bertz CT molecular complexity index is 1640. The van der Waals surface area contributed by atoms with Crippen LogP contribution in [0.25, 0.3) is 5.69 Å². The van der Waals surface area contributed by atoms with E-state index < -0.39 is 5.56 Å². The third kappa shape index (κ3) is 6.49. The summed E-state index contributed by atoms with van der Waals surface area (Å²) in [6.45, 7) is 0.442. The van der Waals surface area contributed by atoms with Crippen molar-refractivity contribution < 1.29 is 9.53 Å². The third-order valence-electron chi connectivity index (χ3n) is 5.75. The van der Waals surface area contributed by atoms with Crippen LogP contribution in [0.4, 0.5) is 11.4 Å². The summed E-state index contributed by atoms with van der Waals surface area (Å²) in [4.78, 5) is 30.7. The lowest BCUT2D eigenvalue weighted by Crippen LogP contribution is -2.26. The average molecular weight is 538 g/mol. The van der Waals surface area contributed by atoms with E-state index >= 15 is 0 Å². The van der Waals surface area contributed by atoms with Crippen molar-refractivity contribution in [2.45, 2.75) is 6.42 Å². The second-order valence-corrected chi connectivity index (χ2v) is 8.96. The number of nitrogens with zero attached hydrogens (tertiary/aromatic N) is 3. The summed E-state index contributed by atoms with van der Waals surface area (Å²) in [5, 5.41) is 10.9. The molecule has 2 aromatic heterocycles. The van der Waals surface area contributed by atoms with E-state index in [0.29, 0.717) is 40.7 Å². The first-order chi connectivity index (χ1) is 19.1. The lowest BCUT2D eigenvalue weighted by Gasteiger charge is -2.15. The van der Waals surface area contributed by atoms with Gasteiger partial charge in [0.25, 0.3) is 11.5 Å². The van der Waals surface area contributed by atoms with Gasteiger partial charge in [-0.15, -0.1) is 0 Å². The maximum atomic E-state index is 13.6.